The second-order valence-electron chi connectivity index (χ2n) is 4.05. The first-order chi connectivity index (χ1) is 7.61. The van der Waals surface area contributed by atoms with Crippen molar-refractivity contribution in [2.75, 3.05) is 13.1 Å². The van der Waals surface area contributed by atoms with Gasteiger partial charge in [0.05, 0.1) is 4.99 Å². The van der Waals surface area contributed by atoms with Gasteiger partial charge in [-0.2, -0.15) is 0 Å². The smallest absolute Gasteiger partial charge is 0.0870 e. The molecule has 0 aliphatic carbocycles. The molecule has 0 saturated heterocycles. The van der Waals surface area contributed by atoms with Gasteiger partial charge in [-0.3, -0.25) is 9.88 Å². The van der Waals surface area contributed by atoms with Gasteiger partial charge in [0.15, 0.2) is 0 Å². The Hall–Kier alpha value is -1.00. The summed E-state index contributed by atoms with van der Waals surface area (Å²) in [6, 6.07) is 2.15. The Morgan fingerprint density at radius 3 is 2.81 bits per heavy atom. The highest BCUT2D eigenvalue weighted by Gasteiger charge is 2.06. The number of pyridine rings is 1. The van der Waals surface area contributed by atoms with Crippen LogP contribution in [0.2, 0.25) is 0 Å². The number of aryl methyl sites for hydroxylation is 1. The number of rotatable bonds is 6. The average Bonchev–Trinajstić information content (AvgIpc) is 2.16. The second-order valence-corrected chi connectivity index (χ2v) is 4.57. The number of nitrogens with two attached hydrogens (primary N) is 1. The number of hydrogen-bond donors (Lipinski definition) is 1. The van der Waals surface area contributed by atoms with Gasteiger partial charge >= 0.3 is 0 Å². The Morgan fingerprint density at radius 2 is 2.25 bits per heavy atom. The molecule has 4 heteroatoms. The Kier molecular flexibility index (Phi) is 5.35. The third-order valence-electron chi connectivity index (χ3n) is 2.26. The van der Waals surface area contributed by atoms with Crippen LogP contribution in [-0.2, 0) is 6.54 Å². The quantitative estimate of drug-likeness (QED) is 0.767. The molecule has 3 nitrogen and oxygen atoms in total. The summed E-state index contributed by atoms with van der Waals surface area (Å²) in [6.45, 7) is 6.75. The number of hydrogen-bond acceptors (Lipinski definition) is 3. The van der Waals surface area contributed by atoms with Gasteiger partial charge in [0.1, 0.15) is 0 Å². The highest BCUT2D eigenvalue weighted by atomic mass is 32.1. The standard InChI is InChI=1S/C12H19N3S/c1-3-4-15(9-12(13)16)8-11-5-10(2)6-14-7-11/h5-7H,3-4,8-9H2,1-2H3,(H2,13,16). The largest absolute Gasteiger partial charge is 0.392 e. The number of aromatic nitrogens is 1. The maximum absolute atomic E-state index is 5.58. The molecule has 0 spiro atoms. The zero-order chi connectivity index (χ0) is 12.0. The van der Waals surface area contributed by atoms with E-state index in [9.17, 15) is 0 Å². The lowest BCUT2D eigenvalue weighted by atomic mass is 10.2. The Labute approximate surface area is 103 Å². The van der Waals surface area contributed by atoms with Gasteiger partial charge in [-0.15, -0.1) is 0 Å². The minimum Gasteiger partial charge on any atom is -0.392 e. The van der Waals surface area contributed by atoms with Crippen molar-refractivity contribution < 1.29 is 0 Å². The first kappa shape index (κ1) is 13.1. The molecule has 1 aromatic heterocycles. The summed E-state index contributed by atoms with van der Waals surface area (Å²) in [5.74, 6) is 0. The van der Waals surface area contributed by atoms with Gasteiger partial charge < -0.3 is 5.73 Å². The molecule has 0 aliphatic rings. The Bertz CT molecular complexity index is 352. The zero-order valence-electron chi connectivity index (χ0n) is 9.94. The third-order valence-corrected chi connectivity index (χ3v) is 2.39. The van der Waals surface area contributed by atoms with Gasteiger partial charge in [0, 0.05) is 25.5 Å². The fraction of sp³-hybridized carbons (Fsp3) is 0.500. The van der Waals surface area contributed by atoms with E-state index >= 15 is 0 Å². The van der Waals surface area contributed by atoms with Crippen molar-refractivity contribution in [3.63, 3.8) is 0 Å². The predicted molar refractivity (Wildman–Crippen MR) is 71.3 cm³/mol. The van der Waals surface area contributed by atoms with Crippen molar-refractivity contribution in [1.82, 2.24) is 9.88 Å². The van der Waals surface area contributed by atoms with Gasteiger partial charge in [-0.25, -0.2) is 0 Å². The van der Waals surface area contributed by atoms with Gasteiger partial charge in [0.2, 0.25) is 0 Å². The second kappa shape index (κ2) is 6.55. The van der Waals surface area contributed by atoms with Crippen LogP contribution in [0.3, 0.4) is 0 Å². The fourth-order valence-electron chi connectivity index (χ4n) is 1.71. The fourth-order valence-corrected chi connectivity index (χ4v) is 1.90. The van der Waals surface area contributed by atoms with Crippen LogP contribution in [0.25, 0.3) is 0 Å². The topological polar surface area (TPSA) is 42.1 Å². The minimum atomic E-state index is 0.550. The van der Waals surface area contributed by atoms with Crippen LogP contribution in [0.15, 0.2) is 18.5 Å². The molecular weight excluding hydrogens is 218 g/mol. The minimum absolute atomic E-state index is 0.550. The number of thiocarbonyl (C=S) groups is 1. The third kappa shape index (κ3) is 4.68. The molecule has 0 radical (unpaired) electrons. The molecule has 0 aromatic carbocycles. The van der Waals surface area contributed by atoms with E-state index in [-0.39, 0.29) is 0 Å². The van der Waals surface area contributed by atoms with Crippen molar-refractivity contribution in [1.29, 1.82) is 0 Å². The monoisotopic (exact) mass is 237 g/mol. The molecule has 0 bridgehead atoms. The van der Waals surface area contributed by atoms with Crippen molar-refractivity contribution in [2.24, 2.45) is 5.73 Å². The maximum Gasteiger partial charge on any atom is 0.0870 e. The van der Waals surface area contributed by atoms with E-state index in [1.165, 1.54) is 11.1 Å². The van der Waals surface area contributed by atoms with Crippen LogP contribution in [0.1, 0.15) is 24.5 Å². The summed E-state index contributed by atoms with van der Waals surface area (Å²) in [7, 11) is 0. The van der Waals surface area contributed by atoms with Crippen LogP contribution in [0.4, 0.5) is 0 Å². The molecule has 0 aliphatic heterocycles. The summed E-state index contributed by atoms with van der Waals surface area (Å²) in [6.07, 6.45) is 4.86. The van der Waals surface area contributed by atoms with E-state index in [0.717, 1.165) is 19.5 Å². The summed E-state index contributed by atoms with van der Waals surface area (Å²) in [4.78, 5) is 6.98. The average molecular weight is 237 g/mol. The molecule has 1 aromatic rings. The highest BCUT2D eigenvalue weighted by Crippen LogP contribution is 2.06. The molecule has 88 valence electrons. The molecule has 0 fully saturated rings. The molecule has 2 N–H and O–H groups in total. The summed E-state index contributed by atoms with van der Waals surface area (Å²) >= 11 is 4.95. The van der Waals surface area contributed by atoms with Gasteiger partial charge in [-0.1, -0.05) is 25.2 Å². The van der Waals surface area contributed by atoms with E-state index in [0.29, 0.717) is 11.5 Å². The summed E-state index contributed by atoms with van der Waals surface area (Å²) in [5.41, 5.74) is 7.98. The Balaban J connectivity index is 2.63. The zero-order valence-corrected chi connectivity index (χ0v) is 10.8. The molecule has 0 amide bonds. The van der Waals surface area contributed by atoms with Crippen molar-refractivity contribution in [2.45, 2.75) is 26.8 Å². The van der Waals surface area contributed by atoms with Gasteiger partial charge in [0.25, 0.3) is 0 Å². The lowest BCUT2D eigenvalue weighted by molar-refractivity contribution is 0.304. The molecule has 0 atom stereocenters. The SMILES string of the molecule is CCCN(CC(N)=S)Cc1cncc(C)c1. The van der Waals surface area contributed by atoms with Crippen LogP contribution < -0.4 is 5.73 Å². The molecular formula is C12H19N3S. The molecule has 1 rings (SSSR count). The highest BCUT2D eigenvalue weighted by molar-refractivity contribution is 7.80. The summed E-state index contributed by atoms with van der Waals surface area (Å²) in [5, 5.41) is 0. The van der Waals surface area contributed by atoms with Crippen LogP contribution in [-0.4, -0.2) is 28.0 Å². The molecule has 1 heterocycles. The predicted octanol–water partition coefficient (Wildman–Crippen LogP) is 1.89. The maximum atomic E-state index is 5.58. The Morgan fingerprint density at radius 1 is 1.50 bits per heavy atom. The van der Waals surface area contributed by atoms with Crippen molar-refractivity contribution >= 4 is 17.2 Å². The van der Waals surface area contributed by atoms with E-state index in [4.69, 9.17) is 18.0 Å². The lowest BCUT2D eigenvalue weighted by Gasteiger charge is -2.20. The van der Waals surface area contributed by atoms with Crippen molar-refractivity contribution in [3.8, 4) is 0 Å². The van der Waals surface area contributed by atoms with Crippen LogP contribution in [0.5, 0.6) is 0 Å². The molecule has 0 unspecified atom stereocenters. The molecule has 16 heavy (non-hydrogen) atoms. The first-order valence-electron chi connectivity index (χ1n) is 5.53. The molecule has 0 saturated carbocycles. The van der Waals surface area contributed by atoms with E-state index in [2.05, 4.69) is 22.9 Å². The first-order valence-corrected chi connectivity index (χ1v) is 5.94. The van der Waals surface area contributed by atoms with Crippen LogP contribution in [0, 0.1) is 6.92 Å². The lowest BCUT2D eigenvalue weighted by Crippen LogP contribution is -2.32. The van der Waals surface area contributed by atoms with E-state index in [1.807, 2.05) is 19.3 Å². The van der Waals surface area contributed by atoms with Crippen LogP contribution >= 0.6 is 12.2 Å². The summed E-state index contributed by atoms with van der Waals surface area (Å²) < 4.78 is 0. The van der Waals surface area contributed by atoms with E-state index < -0.39 is 0 Å². The van der Waals surface area contributed by atoms with Gasteiger partial charge in [-0.05, 0) is 31.0 Å². The van der Waals surface area contributed by atoms with E-state index in [1.54, 1.807) is 0 Å². The number of nitrogens with zero attached hydrogens (tertiary/aromatic N) is 2. The normalized spacial score (nSPS) is 10.7. The van der Waals surface area contributed by atoms with Crippen molar-refractivity contribution in [3.05, 3.63) is 29.6 Å².